The molecule has 0 aliphatic heterocycles. The Hall–Kier alpha value is -3.66. The molecule has 0 unspecified atom stereocenters. The van der Waals surface area contributed by atoms with Crippen molar-refractivity contribution >= 4 is 40.1 Å². The van der Waals surface area contributed by atoms with Crippen molar-refractivity contribution in [3.63, 3.8) is 0 Å². The van der Waals surface area contributed by atoms with Crippen LogP contribution in [0, 0.1) is 6.92 Å². The van der Waals surface area contributed by atoms with E-state index in [1.54, 1.807) is 17.1 Å². The number of carboxylic acid groups (broad SMARTS) is 1. The molecule has 3 heterocycles. The topological polar surface area (TPSA) is 104 Å². The predicted molar refractivity (Wildman–Crippen MR) is 141 cm³/mol. The van der Waals surface area contributed by atoms with Gasteiger partial charge in [-0.1, -0.05) is 36.4 Å². The molecule has 5 rings (SSSR count). The lowest BCUT2D eigenvalue weighted by atomic mass is 10.0. The standard InChI is InChI=1S/C28H27N3O5S/c1-18-5-10-24(37-18)26(32)25-21-11-14-29-16-22(21)31(30-25)15-3-4-19-6-8-20(9-7-19)28(12-13-28)36-17-23(35-2)27(33)34/h3-11,14,16,23H,12-13,15,17H2,1-2H3,(H,33,34)/t23-/m1/s1. The lowest BCUT2D eigenvalue weighted by Crippen LogP contribution is -2.30. The zero-order valence-corrected chi connectivity index (χ0v) is 21.4. The van der Waals surface area contributed by atoms with Crippen LogP contribution in [0.4, 0.5) is 0 Å². The highest BCUT2D eigenvalue weighted by Crippen LogP contribution is 2.49. The number of allylic oxidation sites excluding steroid dienone is 1. The maximum atomic E-state index is 13.1. The quantitative estimate of drug-likeness (QED) is 0.284. The van der Waals surface area contributed by atoms with Gasteiger partial charge >= 0.3 is 5.97 Å². The van der Waals surface area contributed by atoms with E-state index in [1.165, 1.54) is 18.4 Å². The molecular weight excluding hydrogens is 490 g/mol. The number of fused-ring (bicyclic) bond motifs is 1. The number of rotatable bonds is 11. The molecule has 37 heavy (non-hydrogen) atoms. The number of carbonyl (C=O) groups excluding carboxylic acids is 1. The molecule has 0 amide bonds. The van der Waals surface area contributed by atoms with Gasteiger partial charge in [-0.05, 0) is 49.1 Å². The maximum absolute atomic E-state index is 13.1. The number of aromatic nitrogens is 3. The van der Waals surface area contributed by atoms with E-state index in [4.69, 9.17) is 14.6 Å². The summed E-state index contributed by atoms with van der Waals surface area (Å²) >= 11 is 1.47. The molecule has 190 valence electrons. The monoisotopic (exact) mass is 517 g/mol. The van der Waals surface area contributed by atoms with Gasteiger partial charge in [0.1, 0.15) is 5.69 Å². The number of carbonyl (C=O) groups is 2. The Morgan fingerprint density at radius 2 is 1.97 bits per heavy atom. The average molecular weight is 518 g/mol. The van der Waals surface area contributed by atoms with Crippen LogP contribution in [0.15, 0.2) is 60.9 Å². The maximum Gasteiger partial charge on any atom is 0.335 e. The van der Waals surface area contributed by atoms with E-state index in [0.29, 0.717) is 17.1 Å². The van der Waals surface area contributed by atoms with Gasteiger partial charge in [-0.3, -0.25) is 14.5 Å². The van der Waals surface area contributed by atoms with Crippen molar-refractivity contribution in [3.8, 4) is 0 Å². The fourth-order valence-corrected chi connectivity index (χ4v) is 5.10. The summed E-state index contributed by atoms with van der Waals surface area (Å²) in [5, 5.41) is 14.6. The van der Waals surface area contributed by atoms with Gasteiger partial charge in [0, 0.05) is 23.6 Å². The van der Waals surface area contributed by atoms with Gasteiger partial charge in [-0.15, -0.1) is 11.3 Å². The predicted octanol–water partition coefficient (Wildman–Crippen LogP) is 4.85. The first-order chi connectivity index (χ1) is 17.9. The van der Waals surface area contributed by atoms with Gasteiger partial charge < -0.3 is 14.6 Å². The Labute approximate surface area is 218 Å². The molecule has 0 radical (unpaired) electrons. The number of carboxylic acids is 1. The molecule has 4 aromatic rings. The fourth-order valence-electron chi connectivity index (χ4n) is 4.29. The molecule has 1 aromatic carbocycles. The Balaban J connectivity index is 1.28. The number of hydrogen-bond donors (Lipinski definition) is 1. The van der Waals surface area contributed by atoms with E-state index in [1.807, 2.05) is 61.5 Å². The number of methoxy groups -OCH3 is 1. The Morgan fingerprint density at radius 3 is 2.62 bits per heavy atom. The molecule has 1 N–H and O–H groups in total. The van der Waals surface area contributed by atoms with Crippen LogP contribution in [-0.4, -0.2) is 51.4 Å². The molecule has 1 aliphatic rings. The second kappa shape index (κ2) is 10.4. The molecular formula is C28H27N3O5S. The first kappa shape index (κ1) is 25.0. The Kier molecular flexibility index (Phi) is 7.01. The number of aryl methyl sites for hydroxylation is 1. The van der Waals surface area contributed by atoms with Crippen LogP contribution in [0.3, 0.4) is 0 Å². The van der Waals surface area contributed by atoms with Crippen molar-refractivity contribution in [1.29, 1.82) is 0 Å². The highest BCUT2D eigenvalue weighted by molar-refractivity contribution is 7.14. The van der Waals surface area contributed by atoms with Gasteiger partial charge in [-0.2, -0.15) is 5.10 Å². The number of ketones is 1. The fraction of sp³-hybridized carbons (Fsp3) is 0.286. The summed E-state index contributed by atoms with van der Waals surface area (Å²) in [6.07, 6.45) is 8.14. The minimum Gasteiger partial charge on any atom is -0.479 e. The van der Waals surface area contributed by atoms with E-state index in [0.717, 1.165) is 39.7 Å². The zero-order chi connectivity index (χ0) is 26.0. The average Bonchev–Trinajstić information content (AvgIpc) is 3.42. The van der Waals surface area contributed by atoms with Crippen LogP contribution >= 0.6 is 11.3 Å². The summed E-state index contributed by atoms with van der Waals surface area (Å²) in [5.41, 5.74) is 2.85. The molecule has 0 saturated heterocycles. The minimum atomic E-state index is -1.03. The molecule has 0 bridgehead atoms. The summed E-state index contributed by atoms with van der Waals surface area (Å²) < 4.78 is 12.7. The molecule has 3 aromatic heterocycles. The molecule has 1 aliphatic carbocycles. The molecule has 8 nitrogen and oxygen atoms in total. The zero-order valence-electron chi connectivity index (χ0n) is 20.6. The molecule has 9 heteroatoms. The van der Waals surface area contributed by atoms with Crippen LogP contribution in [0.5, 0.6) is 0 Å². The minimum absolute atomic E-state index is 0.0107. The number of thiophene rings is 1. The van der Waals surface area contributed by atoms with Crippen molar-refractivity contribution in [2.75, 3.05) is 13.7 Å². The summed E-state index contributed by atoms with van der Waals surface area (Å²) in [6, 6.07) is 13.7. The molecule has 1 saturated carbocycles. The third kappa shape index (κ3) is 5.24. The first-order valence-electron chi connectivity index (χ1n) is 12.0. The van der Waals surface area contributed by atoms with Gasteiger partial charge in [0.2, 0.25) is 5.78 Å². The molecule has 1 atom stereocenters. The molecule has 0 spiro atoms. The number of ether oxygens (including phenoxy) is 2. The Morgan fingerprint density at radius 1 is 1.19 bits per heavy atom. The highest BCUT2D eigenvalue weighted by Gasteiger charge is 2.46. The number of aliphatic carboxylic acids is 1. The largest absolute Gasteiger partial charge is 0.479 e. The summed E-state index contributed by atoms with van der Waals surface area (Å²) in [4.78, 5) is 30.3. The number of benzene rings is 1. The van der Waals surface area contributed by atoms with Crippen molar-refractivity contribution in [1.82, 2.24) is 14.8 Å². The van der Waals surface area contributed by atoms with Crippen LogP contribution in [-0.2, 0) is 26.4 Å². The number of nitrogens with zero attached hydrogens (tertiary/aromatic N) is 3. The lowest BCUT2D eigenvalue weighted by Gasteiger charge is -2.19. The lowest BCUT2D eigenvalue weighted by molar-refractivity contribution is -0.154. The van der Waals surface area contributed by atoms with Crippen molar-refractivity contribution < 1.29 is 24.2 Å². The molecule has 1 fully saturated rings. The second-order valence-electron chi connectivity index (χ2n) is 9.06. The third-order valence-electron chi connectivity index (χ3n) is 6.53. The van der Waals surface area contributed by atoms with Crippen LogP contribution in [0.25, 0.3) is 17.0 Å². The SMILES string of the molecule is CO[C@H](COC1(c2ccc(C=CCn3nc(C(=O)c4ccc(C)s4)c4ccncc43)cc2)CC1)C(=O)O. The summed E-state index contributed by atoms with van der Waals surface area (Å²) in [5.74, 6) is -1.11. The number of pyridine rings is 1. The van der Waals surface area contributed by atoms with E-state index in [9.17, 15) is 9.59 Å². The normalized spacial score (nSPS) is 15.3. The van der Waals surface area contributed by atoms with E-state index in [2.05, 4.69) is 10.1 Å². The van der Waals surface area contributed by atoms with Crippen LogP contribution in [0.1, 0.15) is 44.2 Å². The summed E-state index contributed by atoms with van der Waals surface area (Å²) in [7, 11) is 1.37. The van der Waals surface area contributed by atoms with Gasteiger partial charge in [0.05, 0.1) is 35.3 Å². The smallest absolute Gasteiger partial charge is 0.335 e. The van der Waals surface area contributed by atoms with Crippen LogP contribution in [0.2, 0.25) is 0 Å². The van der Waals surface area contributed by atoms with Crippen molar-refractivity contribution in [2.45, 2.75) is 38.0 Å². The third-order valence-corrected chi connectivity index (χ3v) is 7.53. The van der Waals surface area contributed by atoms with Gasteiger partial charge in [-0.25, -0.2) is 4.79 Å². The summed E-state index contributed by atoms with van der Waals surface area (Å²) in [6.45, 7) is 2.48. The highest BCUT2D eigenvalue weighted by atomic mass is 32.1. The van der Waals surface area contributed by atoms with E-state index < -0.39 is 17.7 Å². The second-order valence-corrected chi connectivity index (χ2v) is 10.3. The van der Waals surface area contributed by atoms with E-state index >= 15 is 0 Å². The van der Waals surface area contributed by atoms with Crippen molar-refractivity contribution in [3.05, 3.63) is 87.5 Å². The number of hydrogen-bond acceptors (Lipinski definition) is 7. The van der Waals surface area contributed by atoms with Gasteiger partial charge in [0.15, 0.2) is 6.10 Å². The van der Waals surface area contributed by atoms with E-state index in [-0.39, 0.29) is 12.4 Å². The van der Waals surface area contributed by atoms with Crippen LogP contribution < -0.4 is 0 Å². The van der Waals surface area contributed by atoms with Crippen molar-refractivity contribution in [2.24, 2.45) is 0 Å². The first-order valence-corrected chi connectivity index (χ1v) is 12.8. The van der Waals surface area contributed by atoms with Gasteiger partial charge in [0.25, 0.3) is 0 Å². The Bertz CT molecular complexity index is 1470.